The minimum absolute atomic E-state index is 0.0829. The monoisotopic (exact) mass is 374 g/mol. The quantitative estimate of drug-likeness (QED) is 0.524. The van der Waals surface area contributed by atoms with Crippen LogP contribution in [-0.2, 0) is 4.74 Å². The highest BCUT2D eigenvalue weighted by Crippen LogP contribution is 2.35. The highest BCUT2D eigenvalue weighted by atomic mass is 79.9. The van der Waals surface area contributed by atoms with Crippen LogP contribution >= 0.6 is 15.9 Å². The Labute approximate surface area is 144 Å². The summed E-state index contributed by atoms with van der Waals surface area (Å²) in [4.78, 5) is 18.3. The Hall–Kier alpha value is -1.88. The van der Waals surface area contributed by atoms with Crippen molar-refractivity contribution in [1.82, 2.24) is 9.88 Å². The number of hydrogen-bond acceptors (Lipinski definition) is 3. The van der Waals surface area contributed by atoms with Crippen LogP contribution in [-0.4, -0.2) is 26.5 Å². The van der Waals surface area contributed by atoms with Crippen LogP contribution in [0.3, 0.4) is 0 Å². The Morgan fingerprint density at radius 3 is 2.83 bits per heavy atom. The Morgan fingerprint density at radius 1 is 1.30 bits per heavy atom. The number of carbonyl (C=O) groups excluding carboxylic acids is 1. The third-order valence-corrected chi connectivity index (χ3v) is 4.36. The largest absolute Gasteiger partial charge is 0.443 e. The summed E-state index contributed by atoms with van der Waals surface area (Å²) in [6.45, 7) is 5.61. The van der Waals surface area contributed by atoms with Gasteiger partial charge in [-0.25, -0.2) is 4.79 Å². The summed E-state index contributed by atoms with van der Waals surface area (Å²) in [5, 5.41) is 2.18. The van der Waals surface area contributed by atoms with E-state index >= 15 is 0 Å². The van der Waals surface area contributed by atoms with Gasteiger partial charge in [-0.15, -0.1) is 0 Å². The minimum Gasteiger partial charge on any atom is -0.443 e. The average Bonchev–Trinajstić information content (AvgIpc) is 2.87. The highest BCUT2D eigenvalue weighted by Gasteiger charge is 2.33. The van der Waals surface area contributed by atoms with E-state index in [1.807, 2.05) is 45.2 Å². The van der Waals surface area contributed by atoms with Crippen LogP contribution in [0, 0.1) is 0 Å². The molecule has 3 rings (SSSR count). The lowest BCUT2D eigenvalue weighted by molar-refractivity contribution is 0.0353. The van der Waals surface area contributed by atoms with Gasteiger partial charge in [-0.1, -0.05) is 34.1 Å². The molecule has 4 nitrogen and oxygen atoms in total. The molecule has 1 aromatic carbocycles. The topological polar surface area (TPSA) is 42.4 Å². The van der Waals surface area contributed by atoms with Gasteiger partial charge < -0.3 is 4.74 Å². The second-order valence-electron chi connectivity index (χ2n) is 6.55. The Balaban J connectivity index is 1.94. The van der Waals surface area contributed by atoms with Crippen LogP contribution in [0.25, 0.3) is 16.5 Å². The number of alkyl halides is 1. The van der Waals surface area contributed by atoms with Gasteiger partial charge in [-0.2, -0.15) is 0 Å². The number of benzene rings is 1. The summed E-state index contributed by atoms with van der Waals surface area (Å²) in [5.41, 5.74) is 1.35. The predicted molar refractivity (Wildman–Crippen MR) is 95.1 cm³/mol. The van der Waals surface area contributed by atoms with Crippen LogP contribution in [0.2, 0.25) is 0 Å². The Morgan fingerprint density at radius 2 is 2.09 bits per heavy atom. The van der Waals surface area contributed by atoms with Crippen molar-refractivity contribution in [2.75, 3.05) is 0 Å². The molecule has 0 radical (unpaired) electrons. The van der Waals surface area contributed by atoms with Crippen LogP contribution in [0.5, 0.6) is 0 Å². The second kappa shape index (κ2) is 5.96. The fourth-order valence-corrected chi connectivity index (χ4v) is 3.16. The Bertz CT molecular complexity index is 780. The van der Waals surface area contributed by atoms with Crippen molar-refractivity contribution in [3.8, 4) is 0 Å². The molecular weight excluding hydrogens is 356 g/mol. The number of nitrogens with zero attached hydrogens (tertiary/aromatic N) is 2. The van der Waals surface area contributed by atoms with E-state index in [1.165, 1.54) is 0 Å². The molecule has 2 heterocycles. The van der Waals surface area contributed by atoms with Crippen molar-refractivity contribution >= 4 is 38.5 Å². The average molecular weight is 375 g/mol. The zero-order valence-electron chi connectivity index (χ0n) is 13.4. The van der Waals surface area contributed by atoms with Gasteiger partial charge in [0.15, 0.2) is 0 Å². The normalized spacial score (nSPS) is 18.2. The highest BCUT2D eigenvalue weighted by molar-refractivity contribution is 9.09. The fraction of sp³-hybridized carbons (Fsp3) is 0.333. The molecule has 0 saturated heterocycles. The molecule has 1 unspecified atom stereocenters. The zero-order chi connectivity index (χ0) is 16.6. The van der Waals surface area contributed by atoms with Gasteiger partial charge in [0.2, 0.25) is 0 Å². The maximum Gasteiger partial charge on any atom is 0.415 e. The van der Waals surface area contributed by atoms with E-state index in [4.69, 9.17) is 4.74 Å². The first-order valence-electron chi connectivity index (χ1n) is 7.56. The first-order valence-corrected chi connectivity index (χ1v) is 8.47. The van der Waals surface area contributed by atoms with Crippen LogP contribution in [0.1, 0.15) is 32.8 Å². The number of hydrogen-bond donors (Lipinski definition) is 0. The number of carbonyl (C=O) groups is 1. The molecule has 2 aromatic rings. The maximum absolute atomic E-state index is 12.5. The maximum atomic E-state index is 12.5. The van der Waals surface area contributed by atoms with E-state index in [2.05, 4.69) is 33.1 Å². The lowest BCUT2D eigenvalue weighted by atomic mass is 10.1. The molecule has 0 saturated carbocycles. The van der Waals surface area contributed by atoms with Crippen LogP contribution in [0.15, 0.2) is 42.7 Å². The van der Waals surface area contributed by atoms with Crippen molar-refractivity contribution in [1.29, 1.82) is 0 Å². The van der Waals surface area contributed by atoms with Crippen molar-refractivity contribution < 1.29 is 9.53 Å². The summed E-state index contributed by atoms with van der Waals surface area (Å²) in [5.74, 6) is 0. The lowest BCUT2D eigenvalue weighted by Gasteiger charge is -2.28. The molecule has 1 amide bonds. The second-order valence-corrected chi connectivity index (χ2v) is 7.60. The van der Waals surface area contributed by atoms with Crippen LogP contribution in [0.4, 0.5) is 4.79 Å². The molecule has 0 N–H and O–H groups in total. The van der Waals surface area contributed by atoms with E-state index in [9.17, 15) is 4.79 Å². The van der Waals surface area contributed by atoms with Crippen molar-refractivity contribution in [3.63, 3.8) is 0 Å². The van der Waals surface area contributed by atoms with E-state index in [1.54, 1.807) is 11.1 Å². The van der Waals surface area contributed by atoms with Gasteiger partial charge in [0, 0.05) is 17.8 Å². The molecule has 0 fully saturated rings. The van der Waals surface area contributed by atoms with Crippen molar-refractivity contribution in [2.24, 2.45) is 0 Å². The van der Waals surface area contributed by atoms with Gasteiger partial charge in [-0.3, -0.25) is 9.88 Å². The first kappa shape index (κ1) is 16.0. The van der Waals surface area contributed by atoms with Gasteiger partial charge in [-0.05, 0) is 50.3 Å². The van der Waals surface area contributed by atoms with Gasteiger partial charge in [0.25, 0.3) is 0 Å². The molecule has 5 heteroatoms. The summed E-state index contributed by atoms with van der Waals surface area (Å²) in [6, 6.07) is 8.08. The number of aromatic nitrogens is 1. The third-order valence-electron chi connectivity index (χ3n) is 3.57. The number of pyridine rings is 1. The number of ether oxygens (including phenoxy) is 1. The van der Waals surface area contributed by atoms with E-state index in [-0.39, 0.29) is 11.0 Å². The first-order chi connectivity index (χ1) is 10.8. The molecular formula is C18H19BrN2O2. The number of amides is 1. The number of rotatable bonds is 1. The molecule has 1 atom stereocenters. The molecule has 120 valence electrons. The summed E-state index contributed by atoms with van der Waals surface area (Å²) >= 11 is 3.56. The van der Waals surface area contributed by atoms with Crippen molar-refractivity contribution in [2.45, 2.75) is 37.7 Å². The smallest absolute Gasteiger partial charge is 0.415 e. The van der Waals surface area contributed by atoms with Gasteiger partial charge >= 0.3 is 6.09 Å². The van der Waals surface area contributed by atoms with Crippen LogP contribution < -0.4 is 0 Å². The van der Waals surface area contributed by atoms with E-state index < -0.39 is 5.60 Å². The number of fused-ring (bicyclic) bond motifs is 1. The molecule has 1 aromatic heterocycles. The molecule has 23 heavy (non-hydrogen) atoms. The minimum atomic E-state index is -0.521. The van der Waals surface area contributed by atoms with Crippen molar-refractivity contribution in [3.05, 3.63) is 48.3 Å². The fourth-order valence-electron chi connectivity index (χ4n) is 2.59. The zero-order valence-corrected chi connectivity index (χ0v) is 15.0. The lowest BCUT2D eigenvalue weighted by Crippen LogP contribution is -2.37. The Kier molecular flexibility index (Phi) is 4.15. The molecule has 0 spiro atoms. The predicted octanol–water partition coefficient (Wildman–Crippen LogP) is 4.94. The third kappa shape index (κ3) is 3.39. The van der Waals surface area contributed by atoms with Gasteiger partial charge in [0.05, 0.1) is 10.6 Å². The summed E-state index contributed by atoms with van der Waals surface area (Å²) < 4.78 is 5.54. The molecule has 1 aliphatic heterocycles. The van der Waals surface area contributed by atoms with E-state index in [0.29, 0.717) is 0 Å². The molecule has 0 aliphatic carbocycles. The molecule has 1 aliphatic rings. The SMILES string of the molecule is CC(C)(C)OC(=O)N1C(c2ccc3cnccc3c2)=CCC1Br. The summed E-state index contributed by atoms with van der Waals surface area (Å²) in [6.07, 6.45) is 6.09. The molecule has 0 bridgehead atoms. The summed E-state index contributed by atoms with van der Waals surface area (Å²) in [7, 11) is 0. The number of halogens is 1. The standard InChI is InChI=1S/C18H19BrN2O2/c1-18(2,3)23-17(22)21-15(6-7-16(21)19)13-4-5-14-11-20-9-8-12(14)10-13/h4-6,8-11,16H,7H2,1-3H3. The van der Waals surface area contributed by atoms with E-state index in [0.717, 1.165) is 28.5 Å². The van der Waals surface area contributed by atoms with Gasteiger partial charge in [0.1, 0.15) is 5.60 Å².